The second-order valence-corrected chi connectivity index (χ2v) is 3.53. The first-order valence-electron chi connectivity index (χ1n) is 5.50. The van der Waals surface area contributed by atoms with E-state index >= 15 is 0 Å². The minimum absolute atomic E-state index is 0.0227. The summed E-state index contributed by atoms with van der Waals surface area (Å²) in [5.41, 5.74) is 0.312. The Balaban J connectivity index is 2.88. The standard InChI is InChI=1S/C12H16N2O4/c1-4-18-10(15)8-14(2)11-9(12(16)17-3)6-5-7-13-11/h5-7H,4,8H2,1-3H3. The van der Waals surface area contributed by atoms with Crippen LogP contribution >= 0.6 is 0 Å². The highest BCUT2D eigenvalue weighted by molar-refractivity contribution is 5.95. The first-order chi connectivity index (χ1) is 8.60. The zero-order valence-electron chi connectivity index (χ0n) is 10.7. The fourth-order valence-corrected chi connectivity index (χ4v) is 1.45. The average Bonchev–Trinajstić information content (AvgIpc) is 2.38. The smallest absolute Gasteiger partial charge is 0.341 e. The second kappa shape index (κ2) is 6.58. The van der Waals surface area contributed by atoms with E-state index in [2.05, 4.69) is 9.72 Å². The van der Waals surface area contributed by atoms with Crippen molar-refractivity contribution in [1.82, 2.24) is 4.98 Å². The summed E-state index contributed by atoms with van der Waals surface area (Å²) in [5.74, 6) is -0.479. The van der Waals surface area contributed by atoms with Crippen LogP contribution in [0.4, 0.5) is 5.82 Å². The Hall–Kier alpha value is -2.11. The molecule has 1 aromatic heterocycles. The van der Waals surface area contributed by atoms with Gasteiger partial charge in [-0.25, -0.2) is 9.78 Å². The predicted molar refractivity (Wildman–Crippen MR) is 65.5 cm³/mol. The number of ether oxygens (including phenoxy) is 2. The van der Waals surface area contributed by atoms with Crippen LogP contribution < -0.4 is 4.90 Å². The van der Waals surface area contributed by atoms with Crippen LogP contribution in [0.25, 0.3) is 0 Å². The molecule has 0 amide bonds. The largest absolute Gasteiger partial charge is 0.465 e. The fourth-order valence-electron chi connectivity index (χ4n) is 1.45. The minimum Gasteiger partial charge on any atom is -0.465 e. The molecule has 0 radical (unpaired) electrons. The number of nitrogens with zero attached hydrogens (tertiary/aromatic N) is 2. The number of carbonyl (C=O) groups excluding carboxylic acids is 2. The van der Waals surface area contributed by atoms with Crippen molar-refractivity contribution < 1.29 is 19.1 Å². The van der Waals surface area contributed by atoms with Gasteiger partial charge in [0.2, 0.25) is 0 Å². The van der Waals surface area contributed by atoms with Crippen molar-refractivity contribution in [1.29, 1.82) is 0 Å². The molecule has 0 N–H and O–H groups in total. The van der Waals surface area contributed by atoms with Gasteiger partial charge < -0.3 is 14.4 Å². The van der Waals surface area contributed by atoms with Crippen molar-refractivity contribution in [3.63, 3.8) is 0 Å². The summed E-state index contributed by atoms with van der Waals surface area (Å²) in [6.45, 7) is 2.08. The maximum absolute atomic E-state index is 11.5. The van der Waals surface area contributed by atoms with E-state index in [0.717, 1.165) is 0 Å². The number of carbonyl (C=O) groups is 2. The lowest BCUT2D eigenvalue weighted by molar-refractivity contribution is -0.141. The van der Waals surface area contributed by atoms with Gasteiger partial charge in [0, 0.05) is 13.2 Å². The molecular weight excluding hydrogens is 236 g/mol. The fraction of sp³-hybridized carbons (Fsp3) is 0.417. The summed E-state index contributed by atoms with van der Waals surface area (Å²) in [6, 6.07) is 3.23. The van der Waals surface area contributed by atoms with Gasteiger partial charge in [0.15, 0.2) is 0 Å². The normalized spacial score (nSPS) is 9.72. The van der Waals surface area contributed by atoms with Crippen LogP contribution in [0.1, 0.15) is 17.3 Å². The topological polar surface area (TPSA) is 68.7 Å². The van der Waals surface area contributed by atoms with Gasteiger partial charge in [-0.1, -0.05) is 0 Å². The minimum atomic E-state index is -0.492. The summed E-state index contributed by atoms with van der Waals surface area (Å²) < 4.78 is 9.49. The Morgan fingerprint density at radius 1 is 1.44 bits per heavy atom. The van der Waals surface area contributed by atoms with Crippen molar-refractivity contribution >= 4 is 17.8 Å². The Bertz CT molecular complexity index is 434. The van der Waals surface area contributed by atoms with E-state index < -0.39 is 5.97 Å². The molecule has 18 heavy (non-hydrogen) atoms. The van der Waals surface area contributed by atoms with Gasteiger partial charge in [-0.2, -0.15) is 0 Å². The Morgan fingerprint density at radius 2 is 2.17 bits per heavy atom. The van der Waals surface area contributed by atoms with Gasteiger partial charge >= 0.3 is 11.9 Å². The molecule has 0 saturated carbocycles. The molecule has 0 aromatic carbocycles. The van der Waals surface area contributed by atoms with Crippen molar-refractivity contribution in [2.24, 2.45) is 0 Å². The third-order valence-corrected chi connectivity index (χ3v) is 2.23. The summed E-state index contributed by atoms with van der Waals surface area (Å²) in [5, 5.41) is 0. The van der Waals surface area contributed by atoms with Crippen LogP contribution in [0.15, 0.2) is 18.3 Å². The lowest BCUT2D eigenvalue weighted by atomic mass is 10.2. The second-order valence-electron chi connectivity index (χ2n) is 3.53. The van der Waals surface area contributed by atoms with E-state index in [1.807, 2.05) is 0 Å². The van der Waals surface area contributed by atoms with Crippen LogP contribution in [0, 0.1) is 0 Å². The van der Waals surface area contributed by atoms with Gasteiger partial charge in [0.1, 0.15) is 17.9 Å². The number of hydrogen-bond acceptors (Lipinski definition) is 6. The quantitative estimate of drug-likeness (QED) is 0.724. The summed E-state index contributed by atoms with van der Waals surface area (Å²) in [4.78, 5) is 28.5. The van der Waals surface area contributed by atoms with E-state index in [0.29, 0.717) is 18.0 Å². The molecule has 98 valence electrons. The molecule has 0 spiro atoms. The third kappa shape index (κ3) is 3.44. The zero-order valence-corrected chi connectivity index (χ0v) is 10.7. The molecule has 0 fully saturated rings. The van der Waals surface area contributed by atoms with Crippen molar-refractivity contribution in [2.45, 2.75) is 6.92 Å². The predicted octanol–water partition coefficient (Wildman–Crippen LogP) is 0.867. The molecule has 6 heteroatoms. The summed E-state index contributed by atoms with van der Waals surface area (Å²) in [6.07, 6.45) is 1.55. The molecule has 1 rings (SSSR count). The number of hydrogen-bond donors (Lipinski definition) is 0. The summed E-state index contributed by atoms with van der Waals surface area (Å²) >= 11 is 0. The van der Waals surface area contributed by atoms with Gasteiger partial charge in [-0.05, 0) is 19.1 Å². The van der Waals surface area contributed by atoms with E-state index in [-0.39, 0.29) is 12.5 Å². The number of anilines is 1. The molecule has 1 heterocycles. The van der Waals surface area contributed by atoms with Crippen molar-refractivity contribution in [2.75, 3.05) is 32.2 Å². The number of likely N-dealkylation sites (N-methyl/N-ethyl adjacent to an activating group) is 1. The number of rotatable bonds is 5. The molecule has 6 nitrogen and oxygen atoms in total. The number of methoxy groups -OCH3 is 1. The Morgan fingerprint density at radius 3 is 2.78 bits per heavy atom. The van der Waals surface area contributed by atoms with Crippen LogP contribution in [0.3, 0.4) is 0 Å². The molecule has 0 saturated heterocycles. The molecule has 0 atom stereocenters. The average molecular weight is 252 g/mol. The maximum Gasteiger partial charge on any atom is 0.341 e. The number of pyridine rings is 1. The van der Waals surface area contributed by atoms with E-state index in [1.165, 1.54) is 7.11 Å². The van der Waals surface area contributed by atoms with Gasteiger partial charge in [-0.15, -0.1) is 0 Å². The van der Waals surface area contributed by atoms with Crippen LogP contribution in [-0.2, 0) is 14.3 Å². The highest BCUT2D eigenvalue weighted by Gasteiger charge is 2.17. The molecule has 1 aromatic rings. The first kappa shape index (κ1) is 14.0. The molecule has 0 bridgehead atoms. The highest BCUT2D eigenvalue weighted by atomic mass is 16.5. The van der Waals surface area contributed by atoms with E-state index in [4.69, 9.17) is 4.74 Å². The molecule has 0 unspecified atom stereocenters. The van der Waals surface area contributed by atoms with Crippen LogP contribution in [-0.4, -0.2) is 44.2 Å². The molecule has 0 aliphatic rings. The van der Waals surface area contributed by atoms with Crippen molar-refractivity contribution in [3.05, 3.63) is 23.9 Å². The Labute approximate surface area is 106 Å². The molecule has 0 aliphatic heterocycles. The van der Waals surface area contributed by atoms with E-state index in [1.54, 1.807) is 37.2 Å². The highest BCUT2D eigenvalue weighted by Crippen LogP contribution is 2.16. The monoisotopic (exact) mass is 252 g/mol. The SMILES string of the molecule is CCOC(=O)CN(C)c1ncccc1C(=O)OC. The number of aromatic nitrogens is 1. The van der Waals surface area contributed by atoms with Crippen molar-refractivity contribution in [3.8, 4) is 0 Å². The zero-order chi connectivity index (χ0) is 13.5. The number of esters is 2. The van der Waals surface area contributed by atoms with Crippen LogP contribution in [0.2, 0.25) is 0 Å². The summed E-state index contributed by atoms with van der Waals surface area (Å²) in [7, 11) is 2.95. The van der Waals surface area contributed by atoms with Gasteiger partial charge in [-0.3, -0.25) is 4.79 Å². The Kier molecular flexibility index (Phi) is 5.10. The van der Waals surface area contributed by atoms with Gasteiger partial charge in [0.25, 0.3) is 0 Å². The first-order valence-corrected chi connectivity index (χ1v) is 5.50. The lowest BCUT2D eigenvalue weighted by Gasteiger charge is -2.18. The lowest BCUT2D eigenvalue weighted by Crippen LogP contribution is -2.29. The van der Waals surface area contributed by atoms with Crippen LogP contribution in [0.5, 0.6) is 0 Å². The van der Waals surface area contributed by atoms with E-state index in [9.17, 15) is 9.59 Å². The molecule has 0 aliphatic carbocycles. The molecular formula is C12H16N2O4. The van der Waals surface area contributed by atoms with Gasteiger partial charge in [0.05, 0.1) is 13.7 Å². The maximum atomic E-state index is 11.5. The third-order valence-electron chi connectivity index (χ3n) is 2.23.